The molecule has 1 rings (SSSR count). The minimum absolute atomic E-state index is 0. The summed E-state index contributed by atoms with van der Waals surface area (Å²) >= 11 is 0. The minimum Gasteiger partial charge on any atom is -0.427 e. The molecule has 1 aromatic rings. The van der Waals surface area contributed by atoms with Crippen molar-refractivity contribution in [3.63, 3.8) is 0 Å². The van der Waals surface area contributed by atoms with Crippen molar-refractivity contribution >= 4 is 0 Å². The average molecular weight is 196 g/mol. The Labute approximate surface area is 80.0 Å². The quantitative estimate of drug-likeness (QED) is 0.576. The average Bonchev–Trinajstić information content (AvgIpc) is 1.64. The van der Waals surface area contributed by atoms with Crippen LogP contribution in [-0.4, -0.2) is 9.97 Å². The van der Waals surface area contributed by atoms with E-state index in [9.17, 15) is 0 Å². The first-order valence-corrected chi connectivity index (χ1v) is 2.46. The normalized spacial score (nSPS) is 8.22. The third kappa shape index (κ3) is 3.02. The van der Waals surface area contributed by atoms with Gasteiger partial charge in [-0.1, -0.05) is 13.8 Å². The molecule has 45 valence electrons. The van der Waals surface area contributed by atoms with Gasteiger partial charge >= 0.3 is 0 Å². The van der Waals surface area contributed by atoms with Crippen LogP contribution in [-0.2, 0) is 32.7 Å². The van der Waals surface area contributed by atoms with Crippen LogP contribution in [0.2, 0.25) is 0 Å². The predicted molar refractivity (Wildman–Crippen MR) is 30.3 cm³/mol. The van der Waals surface area contributed by atoms with Crippen molar-refractivity contribution in [2.45, 2.75) is 13.8 Å². The van der Waals surface area contributed by atoms with Crippen molar-refractivity contribution in [2.75, 3.05) is 0 Å². The van der Waals surface area contributed by atoms with E-state index in [1.165, 1.54) is 0 Å². The summed E-state index contributed by atoms with van der Waals surface area (Å²) in [5.74, 6) is 0. The van der Waals surface area contributed by atoms with Crippen molar-refractivity contribution in [2.24, 2.45) is 0 Å². The van der Waals surface area contributed by atoms with Crippen molar-refractivity contribution in [1.29, 1.82) is 0 Å². The molecule has 0 spiro atoms. The fourth-order valence-corrected chi connectivity index (χ4v) is 0.528. The molecule has 0 aromatic carbocycles. The van der Waals surface area contributed by atoms with Crippen LogP contribution in [0.15, 0.2) is 6.33 Å². The van der Waals surface area contributed by atoms with Crippen LogP contribution in [0, 0.1) is 19.9 Å². The molecular formula is C6H7N2Y-. The zero-order valence-corrected chi connectivity index (χ0v) is 8.39. The van der Waals surface area contributed by atoms with E-state index in [0.29, 0.717) is 0 Å². The van der Waals surface area contributed by atoms with Gasteiger partial charge in [0.05, 0.1) is 0 Å². The summed E-state index contributed by atoms with van der Waals surface area (Å²) in [5.41, 5.74) is 1.80. The summed E-state index contributed by atoms with van der Waals surface area (Å²) in [6.07, 6.45) is 1.54. The van der Waals surface area contributed by atoms with Crippen LogP contribution in [0.4, 0.5) is 0 Å². The molecule has 0 aliphatic carbocycles. The molecule has 1 heterocycles. The first-order chi connectivity index (χ1) is 3.79. The zero-order chi connectivity index (χ0) is 5.98. The SMILES string of the molecule is Cc1[c-]c(C)ncn1.[Y]. The number of nitrogens with zero attached hydrogens (tertiary/aromatic N) is 2. The largest absolute Gasteiger partial charge is 0.427 e. The monoisotopic (exact) mass is 196 g/mol. The summed E-state index contributed by atoms with van der Waals surface area (Å²) in [6.45, 7) is 3.80. The maximum Gasteiger partial charge on any atom is 0.108 e. The molecule has 0 amide bonds. The molecule has 0 aliphatic rings. The molecule has 0 fully saturated rings. The van der Waals surface area contributed by atoms with E-state index in [1.54, 1.807) is 6.33 Å². The van der Waals surface area contributed by atoms with E-state index in [0.717, 1.165) is 11.4 Å². The molecule has 0 N–H and O–H groups in total. The van der Waals surface area contributed by atoms with Gasteiger partial charge in [-0.15, -0.1) is 11.4 Å². The molecule has 2 nitrogen and oxygen atoms in total. The number of hydrogen-bond acceptors (Lipinski definition) is 2. The second-order valence-corrected chi connectivity index (χ2v) is 1.67. The van der Waals surface area contributed by atoms with Gasteiger partial charge in [-0.2, -0.15) is 0 Å². The summed E-state index contributed by atoms with van der Waals surface area (Å²) in [4.78, 5) is 7.75. The van der Waals surface area contributed by atoms with E-state index >= 15 is 0 Å². The smallest absolute Gasteiger partial charge is 0.108 e. The van der Waals surface area contributed by atoms with Crippen LogP contribution in [0.25, 0.3) is 0 Å². The van der Waals surface area contributed by atoms with Crippen LogP contribution in [0.3, 0.4) is 0 Å². The predicted octanol–water partition coefficient (Wildman–Crippen LogP) is 0.891. The Morgan fingerprint density at radius 1 is 1.22 bits per heavy atom. The molecule has 1 radical (unpaired) electrons. The van der Waals surface area contributed by atoms with Gasteiger partial charge < -0.3 is 6.07 Å². The van der Waals surface area contributed by atoms with Crippen LogP contribution in [0.5, 0.6) is 0 Å². The topological polar surface area (TPSA) is 25.8 Å². The van der Waals surface area contributed by atoms with Crippen molar-refractivity contribution in [1.82, 2.24) is 9.97 Å². The summed E-state index contributed by atoms with van der Waals surface area (Å²) < 4.78 is 0. The van der Waals surface area contributed by atoms with E-state index in [-0.39, 0.29) is 32.7 Å². The molecular weight excluding hydrogens is 189 g/mol. The van der Waals surface area contributed by atoms with Crippen LogP contribution < -0.4 is 0 Å². The Hall–Kier alpha value is 0.184. The van der Waals surface area contributed by atoms with Gasteiger partial charge in [0.1, 0.15) is 6.33 Å². The third-order valence-electron chi connectivity index (χ3n) is 0.865. The van der Waals surface area contributed by atoms with Gasteiger partial charge in [-0.3, -0.25) is 9.97 Å². The molecule has 1 aromatic heterocycles. The van der Waals surface area contributed by atoms with Crippen molar-refractivity contribution < 1.29 is 32.7 Å². The maximum atomic E-state index is 3.87. The molecule has 3 heteroatoms. The van der Waals surface area contributed by atoms with Gasteiger partial charge in [-0.25, -0.2) is 0 Å². The Morgan fingerprint density at radius 3 is 1.89 bits per heavy atom. The van der Waals surface area contributed by atoms with Gasteiger partial charge in [-0.05, 0) is 0 Å². The summed E-state index contributed by atoms with van der Waals surface area (Å²) in [5, 5.41) is 0. The number of aromatic nitrogens is 2. The molecule has 0 bridgehead atoms. The van der Waals surface area contributed by atoms with Gasteiger partial charge in [0.15, 0.2) is 0 Å². The Balaban J connectivity index is 0.000000640. The maximum absolute atomic E-state index is 3.87. The second-order valence-electron chi connectivity index (χ2n) is 1.67. The van der Waals surface area contributed by atoms with Crippen molar-refractivity contribution in [3.05, 3.63) is 23.8 Å². The second kappa shape index (κ2) is 4.07. The molecule has 0 unspecified atom stereocenters. The Bertz CT molecular complexity index is 171. The fraction of sp³-hybridized carbons (Fsp3) is 0.333. The molecule has 0 aliphatic heterocycles. The van der Waals surface area contributed by atoms with Crippen LogP contribution in [0.1, 0.15) is 11.4 Å². The Kier molecular flexibility index (Phi) is 4.16. The first-order valence-electron chi connectivity index (χ1n) is 2.46. The van der Waals surface area contributed by atoms with Gasteiger partial charge in [0, 0.05) is 32.7 Å². The molecule has 0 saturated heterocycles. The first kappa shape index (κ1) is 9.18. The number of hydrogen-bond donors (Lipinski definition) is 0. The Morgan fingerprint density at radius 2 is 1.67 bits per heavy atom. The van der Waals surface area contributed by atoms with Crippen molar-refractivity contribution in [3.8, 4) is 0 Å². The molecule has 0 atom stereocenters. The zero-order valence-electron chi connectivity index (χ0n) is 5.55. The standard InChI is InChI=1S/C6H7N2.Y/c1-5-3-6(2)8-4-7-5;/h4H,1-2H3;/q-1;. The summed E-state index contributed by atoms with van der Waals surface area (Å²) in [6, 6.07) is 2.95. The van der Waals surface area contributed by atoms with Crippen LogP contribution >= 0.6 is 0 Å². The fourth-order valence-electron chi connectivity index (χ4n) is 0.528. The van der Waals surface area contributed by atoms with E-state index in [2.05, 4.69) is 16.0 Å². The molecule has 0 saturated carbocycles. The van der Waals surface area contributed by atoms with E-state index in [4.69, 9.17) is 0 Å². The number of rotatable bonds is 0. The minimum atomic E-state index is 0. The van der Waals surface area contributed by atoms with Gasteiger partial charge in [0.25, 0.3) is 0 Å². The van der Waals surface area contributed by atoms with E-state index < -0.39 is 0 Å². The van der Waals surface area contributed by atoms with Gasteiger partial charge in [0.2, 0.25) is 0 Å². The number of aryl methyl sites for hydroxylation is 2. The summed E-state index contributed by atoms with van der Waals surface area (Å²) in [7, 11) is 0. The molecule has 9 heavy (non-hydrogen) atoms. The van der Waals surface area contributed by atoms with E-state index in [1.807, 2.05) is 13.8 Å². The third-order valence-corrected chi connectivity index (χ3v) is 0.865.